The first-order valence-corrected chi connectivity index (χ1v) is 5.45. The minimum absolute atomic E-state index is 0.107. The molecule has 0 aliphatic carbocycles. The number of carbonyl (C=O) groups is 1. The standard InChI is InChI=1S/C8H10N4O2.C3H8/c13-8(6-11-12-14)10-5-7-2-1-3-9-4-7;1-3-2/h1-4H,5-6H2,(H,10,13)(H,11,14);3H2,1-2H3. The lowest BCUT2D eigenvalue weighted by molar-refractivity contribution is -0.120. The third-order valence-corrected chi connectivity index (χ3v) is 1.52. The average Bonchev–Trinajstić information content (AvgIpc) is 2.36. The molecule has 94 valence electrons. The number of nitroso groups, excluding NO2 is 1. The molecule has 0 atom stereocenters. The molecular formula is C11H18N4O2. The van der Waals surface area contributed by atoms with Crippen molar-refractivity contribution in [1.29, 1.82) is 0 Å². The quantitative estimate of drug-likeness (QED) is 0.599. The van der Waals surface area contributed by atoms with Gasteiger partial charge in [-0.15, -0.1) is 4.91 Å². The molecule has 0 saturated carbocycles. The smallest absolute Gasteiger partial charge is 0.241 e. The van der Waals surface area contributed by atoms with Crippen molar-refractivity contribution in [1.82, 2.24) is 15.7 Å². The summed E-state index contributed by atoms with van der Waals surface area (Å²) in [5.74, 6) is -0.284. The highest BCUT2D eigenvalue weighted by Gasteiger charge is 1.99. The van der Waals surface area contributed by atoms with E-state index in [1.54, 1.807) is 18.5 Å². The van der Waals surface area contributed by atoms with Crippen LogP contribution < -0.4 is 10.7 Å². The molecule has 0 unspecified atom stereocenters. The maximum absolute atomic E-state index is 11.0. The Bertz CT molecular complexity index is 317. The lowest BCUT2D eigenvalue weighted by Gasteiger charge is -2.03. The van der Waals surface area contributed by atoms with Gasteiger partial charge in [0.25, 0.3) is 0 Å². The number of hydrogen-bond donors (Lipinski definition) is 2. The van der Waals surface area contributed by atoms with Gasteiger partial charge in [0, 0.05) is 18.9 Å². The van der Waals surface area contributed by atoms with Crippen LogP contribution in [0.25, 0.3) is 0 Å². The summed E-state index contributed by atoms with van der Waals surface area (Å²) in [6.07, 6.45) is 4.56. The minimum atomic E-state index is -0.284. The summed E-state index contributed by atoms with van der Waals surface area (Å²) in [6, 6.07) is 3.63. The van der Waals surface area contributed by atoms with E-state index in [1.807, 2.05) is 11.5 Å². The van der Waals surface area contributed by atoms with E-state index in [-0.39, 0.29) is 12.5 Å². The van der Waals surface area contributed by atoms with Crippen LogP contribution in [-0.2, 0) is 11.3 Å². The van der Waals surface area contributed by atoms with E-state index < -0.39 is 0 Å². The van der Waals surface area contributed by atoms with Gasteiger partial charge in [0.1, 0.15) is 6.54 Å². The number of aromatic nitrogens is 1. The molecule has 17 heavy (non-hydrogen) atoms. The molecule has 6 nitrogen and oxygen atoms in total. The van der Waals surface area contributed by atoms with E-state index in [2.05, 4.69) is 29.4 Å². The van der Waals surface area contributed by atoms with E-state index >= 15 is 0 Å². The van der Waals surface area contributed by atoms with E-state index in [1.165, 1.54) is 6.42 Å². The van der Waals surface area contributed by atoms with Gasteiger partial charge in [0.15, 0.2) is 0 Å². The summed E-state index contributed by atoms with van der Waals surface area (Å²) in [7, 11) is 0. The molecular weight excluding hydrogens is 220 g/mol. The summed E-state index contributed by atoms with van der Waals surface area (Å²) in [5, 5.41) is 4.95. The van der Waals surface area contributed by atoms with E-state index in [0.717, 1.165) is 5.56 Å². The highest BCUT2D eigenvalue weighted by molar-refractivity contribution is 5.77. The summed E-state index contributed by atoms with van der Waals surface area (Å²) in [4.78, 5) is 24.5. The van der Waals surface area contributed by atoms with E-state index in [4.69, 9.17) is 0 Å². The average molecular weight is 238 g/mol. The number of nitrogens with zero attached hydrogens (tertiary/aromatic N) is 2. The van der Waals surface area contributed by atoms with Crippen LogP contribution >= 0.6 is 0 Å². The van der Waals surface area contributed by atoms with E-state index in [9.17, 15) is 9.70 Å². The second-order valence-electron chi connectivity index (χ2n) is 3.27. The number of nitrogens with one attached hydrogen (secondary N) is 2. The predicted octanol–water partition coefficient (Wildman–Crippen LogP) is 1.39. The van der Waals surface area contributed by atoms with Crippen molar-refractivity contribution in [2.75, 3.05) is 6.54 Å². The molecule has 0 aliphatic rings. The van der Waals surface area contributed by atoms with Gasteiger partial charge in [-0.25, -0.2) is 0 Å². The van der Waals surface area contributed by atoms with Gasteiger partial charge in [-0.2, -0.15) is 0 Å². The maximum atomic E-state index is 11.0. The molecule has 1 heterocycles. The fourth-order valence-corrected chi connectivity index (χ4v) is 0.870. The highest BCUT2D eigenvalue weighted by atomic mass is 16.3. The molecule has 0 fully saturated rings. The Kier molecular flexibility index (Phi) is 9.31. The Balaban J connectivity index is 0.000000770. The minimum Gasteiger partial charge on any atom is -0.350 e. The topological polar surface area (TPSA) is 83.5 Å². The Morgan fingerprint density at radius 3 is 2.71 bits per heavy atom. The Hall–Kier alpha value is -1.98. The first-order chi connectivity index (χ1) is 8.24. The van der Waals surface area contributed by atoms with Crippen LogP contribution in [0.1, 0.15) is 25.8 Å². The Morgan fingerprint density at radius 2 is 2.18 bits per heavy atom. The van der Waals surface area contributed by atoms with Gasteiger partial charge in [-0.1, -0.05) is 26.3 Å². The van der Waals surface area contributed by atoms with Gasteiger partial charge in [-0.05, 0) is 11.6 Å². The second-order valence-corrected chi connectivity index (χ2v) is 3.27. The van der Waals surface area contributed by atoms with Crippen LogP contribution in [-0.4, -0.2) is 17.4 Å². The van der Waals surface area contributed by atoms with Crippen LogP contribution in [0.15, 0.2) is 29.8 Å². The van der Waals surface area contributed by atoms with Gasteiger partial charge in [0.05, 0.1) is 5.29 Å². The second kappa shape index (κ2) is 10.5. The van der Waals surface area contributed by atoms with Crippen molar-refractivity contribution in [3.63, 3.8) is 0 Å². The normalized spacial score (nSPS) is 8.59. The zero-order chi connectivity index (χ0) is 12.9. The zero-order valence-corrected chi connectivity index (χ0v) is 10.1. The van der Waals surface area contributed by atoms with Crippen LogP contribution in [0.5, 0.6) is 0 Å². The van der Waals surface area contributed by atoms with Gasteiger partial charge >= 0.3 is 0 Å². The molecule has 0 aliphatic heterocycles. The lowest BCUT2D eigenvalue weighted by Crippen LogP contribution is -2.31. The summed E-state index contributed by atoms with van der Waals surface area (Å²) in [5.41, 5.74) is 2.93. The van der Waals surface area contributed by atoms with Crippen LogP contribution in [0.4, 0.5) is 0 Å². The molecule has 1 aromatic rings. The largest absolute Gasteiger partial charge is 0.350 e. The SMILES string of the molecule is CCC.O=NNCC(=O)NCc1cccnc1. The Morgan fingerprint density at radius 1 is 1.47 bits per heavy atom. The number of carbonyl (C=O) groups excluding carboxylic acids is 1. The van der Waals surface area contributed by atoms with Crippen LogP contribution in [0, 0.1) is 4.91 Å². The zero-order valence-electron chi connectivity index (χ0n) is 10.1. The lowest BCUT2D eigenvalue weighted by atomic mass is 10.3. The molecule has 2 N–H and O–H groups in total. The van der Waals surface area contributed by atoms with Crippen molar-refractivity contribution in [3.05, 3.63) is 35.0 Å². The van der Waals surface area contributed by atoms with Gasteiger partial charge in [-0.3, -0.25) is 15.2 Å². The first-order valence-electron chi connectivity index (χ1n) is 5.45. The number of pyridine rings is 1. The number of hydrogen-bond acceptors (Lipinski definition) is 4. The van der Waals surface area contributed by atoms with Crippen molar-refractivity contribution in [2.45, 2.75) is 26.8 Å². The number of amides is 1. The summed E-state index contributed by atoms with van der Waals surface area (Å²) >= 11 is 0. The van der Waals surface area contributed by atoms with Crippen molar-refractivity contribution < 1.29 is 4.79 Å². The number of rotatable bonds is 5. The molecule has 1 amide bonds. The highest BCUT2D eigenvalue weighted by Crippen LogP contribution is 1.93. The van der Waals surface area contributed by atoms with Crippen molar-refractivity contribution >= 4 is 5.91 Å². The third kappa shape index (κ3) is 8.98. The third-order valence-electron chi connectivity index (χ3n) is 1.52. The molecule has 0 spiro atoms. The first kappa shape index (κ1) is 15.0. The van der Waals surface area contributed by atoms with Crippen LogP contribution in [0.2, 0.25) is 0 Å². The molecule has 0 bridgehead atoms. The van der Waals surface area contributed by atoms with Crippen LogP contribution in [0.3, 0.4) is 0 Å². The van der Waals surface area contributed by atoms with Gasteiger partial charge < -0.3 is 5.32 Å². The summed E-state index contributed by atoms with van der Waals surface area (Å²) < 4.78 is 0. The molecule has 0 aromatic carbocycles. The fourth-order valence-electron chi connectivity index (χ4n) is 0.870. The predicted molar refractivity (Wildman–Crippen MR) is 65.8 cm³/mol. The fraction of sp³-hybridized carbons (Fsp3) is 0.455. The van der Waals surface area contributed by atoms with Gasteiger partial charge in [0.2, 0.25) is 5.91 Å². The van der Waals surface area contributed by atoms with Crippen molar-refractivity contribution in [3.8, 4) is 0 Å². The van der Waals surface area contributed by atoms with Crippen molar-refractivity contribution in [2.24, 2.45) is 5.29 Å². The molecule has 1 rings (SSSR count). The maximum Gasteiger partial charge on any atom is 0.241 e. The van der Waals surface area contributed by atoms with E-state index in [0.29, 0.717) is 6.54 Å². The monoisotopic (exact) mass is 238 g/mol. The molecule has 1 aromatic heterocycles. The molecule has 0 radical (unpaired) electrons. The Labute approximate surface area is 101 Å². The summed E-state index contributed by atoms with van der Waals surface area (Å²) in [6.45, 7) is 4.54. The molecule has 6 heteroatoms. The molecule has 0 saturated heterocycles.